The number of benzene rings is 4. The van der Waals surface area contributed by atoms with Gasteiger partial charge in [0.1, 0.15) is 35.1 Å². The van der Waals surface area contributed by atoms with Gasteiger partial charge in [-0.25, -0.2) is 16.8 Å². The quantitative estimate of drug-likeness (QED) is 0.0743. The molecule has 0 atom stereocenters. The molecule has 0 bridgehead atoms. The first kappa shape index (κ1) is 45.2. The minimum atomic E-state index is -3.90. The number of rotatable bonds is 10. The van der Waals surface area contributed by atoms with Crippen LogP contribution in [-0.4, -0.2) is 38.4 Å². The molecule has 2 aromatic heterocycles. The number of pyridine rings is 2. The van der Waals surface area contributed by atoms with Crippen LogP contribution >= 0.6 is 33.9 Å². The number of carbonyl (C=O) groups is 2. The third-order valence-corrected chi connectivity index (χ3v) is 10.6. The van der Waals surface area contributed by atoms with E-state index >= 15 is 0 Å². The van der Waals surface area contributed by atoms with Gasteiger partial charge in [-0.3, -0.25) is 24.3 Å². The number of nitrogens with one attached hydrogen (secondary N) is 1. The van der Waals surface area contributed by atoms with Crippen LogP contribution in [0.25, 0.3) is 0 Å². The summed E-state index contributed by atoms with van der Waals surface area (Å²) in [7, 11) is -2.50. The highest BCUT2D eigenvalue weighted by Gasteiger charge is 2.17. The smallest absolute Gasteiger partial charge is 0.261 e. The second-order valence-electron chi connectivity index (χ2n) is 11.8. The van der Waals surface area contributed by atoms with Gasteiger partial charge in [0.15, 0.2) is 11.6 Å². The summed E-state index contributed by atoms with van der Waals surface area (Å²) in [6, 6.07) is 27.3. The molecule has 2 heterocycles. The lowest BCUT2D eigenvalue weighted by Crippen LogP contribution is -2.13. The Morgan fingerprint density at radius 3 is 1.51 bits per heavy atom. The molecule has 59 heavy (non-hydrogen) atoms. The SMILES string of the molecule is CC(=O)c1ccc(S(=O)(=O)Cl)cc1.CC(=O)c1ccc(S(=O)(=O)Nc2ccc(Oc3cncc(Cl)c3)c(C#N)c2)cc1.N#Cc1cc(N)ccc1Oc1cncc(Cl)c1. The fourth-order valence-corrected chi connectivity index (χ4v) is 6.73. The maximum Gasteiger partial charge on any atom is 0.261 e. The molecular formula is C40H29Cl3N6O8S2. The molecule has 300 valence electrons. The van der Waals surface area contributed by atoms with Gasteiger partial charge in [-0.15, -0.1) is 0 Å². The molecule has 0 radical (unpaired) electrons. The van der Waals surface area contributed by atoms with E-state index in [9.17, 15) is 31.7 Å². The lowest BCUT2D eigenvalue weighted by atomic mass is 10.2. The summed E-state index contributed by atoms with van der Waals surface area (Å²) in [6.45, 7) is 2.80. The van der Waals surface area contributed by atoms with Crippen LogP contribution < -0.4 is 19.9 Å². The number of sulfonamides is 1. The molecule has 0 aliphatic heterocycles. The van der Waals surface area contributed by atoms with E-state index in [0.29, 0.717) is 49.7 Å². The van der Waals surface area contributed by atoms with Crippen molar-refractivity contribution in [2.24, 2.45) is 0 Å². The van der Waals surface area contributed by atoms with E-state index in [-0.39, 0.29) is 38.4 Å². The Morgan fingerprint density at radius 2 is 1.08 bits per heavy atom. The van der Waals surface area contributed by atoms with Crippen LogP contribution in [0.3, 0.4) is 0 Å². The summed E-state index contributed by atoms with van der Waals surface area (Å²) in [5.41, 5.74) is 7.64. The van der Waals surface area contributed by atoms with E-state index in [1.807, 2.05) is 12.1 Å². The first-order valence-electron chi connectivity index (χ1n) is 16.5. The van der Waals surface area contributed by atoms with Crippen molar-refractivity contribution in [3.8, 4) is 35.1 Å². The van der Waals surface area contributed by atoms with E-state index in [1.54, 1.807) is 24.3 Å². The Labute approximate surface area is 353 Å². The Balaban J connectivity index is 0.000000216. The van der Waals surface area contributed by atoms with Crippen molar-refractivity contribution in [3.63, 3.8) is 0 Å². The number of Topliss-reactive ketones (excluding diaryl/α,β-unsaturated/α-hetero) is 2. The second-order valence-corrected chi connectivity index (χ2v) is 16.9. The number of halogens is 3. The van der Waals surface area contributed by atoms with Gasteiger partial charge in [0.05, 0.1) is 49.0 Å². The van der Waals surface area contributed by atoms with Crippen LogP contribution in [0, 0.1) is 22.7 Å². The van der Waals surface area contributed by atoms with E-state index in [0.717, 1.165) is 0 Å². The molecular weight excluding hydrogens is 863 g/mol. The molecule has 14 nitrogen and oxygen atoms in total. The topological polar surface area (TPSA) is 232 Å². The molecule has 0 amide bonds. The average Bonchev–Trinajstić information content (AvgIpc) is 3.19. The highest BCUT2D eigenvalue weighted by Crippen LogP contribution is 2.30. The summed E-state index contributed by atoms with van der Waals surface area (Å²) in [6.07, 6.45) is 5.90. The third kappa shape index (κ3) is 13.5. The largest absolute Gasteiger partial charge is 0.454 e. The average molecular weight is 892 g/mol. The summed E-state index contributed by atoms with van der Waals surface area (Å²) in [5, 5.41) is 19.2. The van der Waals surface area contributed by atoms with Crippen molar-refractivity contribution in [1.29, 1.82) is 10.5 Å². The molecule has 0 saturated carbocycles. The zero-order valence-electron chi connectivity index (χ0n) is 30.6. The number of hydrogen-bond acceptors (Lipinski definition) is 13. The predicted octanol–water partition coefficient (Wildman–Crippen LogP) is 9.20. The van der Waals surface area contributed by atoms with Gasteiger partial charge in [-0.2, -0.15) is 10.5 Å². The van der Waals surface area contributed by atoms with Crippen LogP contribution in [0.15, 0.2) is 132 Å². The molecule has 3 N–H and O–H groups in total. The molecule has 0 aliphatic rings. The van der Waals surface area contributed by atoms with E-state index in [2.05, 4.69) is 14.7 Å². The molecule has 6 rings (SSSR count). The summed E-state index contributed by atoms with van der Waals surface area (Å²) in [5.74, 6) is 1.19. The minimum absolute atomic E-state index is 0.000772. The number of nitrogen functional groups attached to an aromatic ring is 1. The molecule has 6 aromatic rings. The maximum atomic E-state index is 12.6. The highest BCUT2D eigenvalue weighted by atomic mass is 35.7. The van der Waals surface area contributed by atoms with Gasteiger partial charge in [0, 0.05) is 52.0 Å². The predicted molar refractivity (Wildman–Crippen MR) is 222 cm³/mol. The lowest BCUT2D eigenvalue weighted by Gasteiger charge is -2.11. The standard InChI is InChI=1S/C20H14ClN3O4S.C12H8ClN3O.C8H7ClO3S/c1-13(25)14-2-5-19(6-3-14)29(26,27)24-17-4-7-20(15(8-17)10-22)28-18-9-16(21)11-23-12-18;13-9-4-11(7-16-6-9)17-12-2-1-10(15)3-8(12)5-14;1-6(10)7-2-4-8(5-3-7)13(9,11)12/h2-9,11-12,24H,1H3;1-4,6-7H,15H2;2-5H,1H3. The molecule has 4 aromatic carbocycles. The summed E-state index contributed by atoms with van der Waals surface area (Å²) in [4.78, 5) is 29.9. The minimum Gasteiger partial charge on any atom is -0.454 e. The van der Waals surface area contributed by atoms with Gasteiger partial charge < -0.3 is 15.2 Å². The Bertz CT molecular complexity index is 2810. The highest BCUT2D eigenvalue weighted by molar-refractivity contribution is 8.13. The zero-order valence-corrected chi connectivity index (χ0v) is 34.5. The number of ether oxygens (including phenoxy) is 2. The Hall–Kier alpha value is -6.53. The maximum absolute atomic E-state index is 12.6. The van der Waals surface area contributed by atoms with Crippen molar-refractivity contribution in [1.82, 2.24) is 9.97 Å². The lowest BCUT2D eigenvalue weighted by molar-refractivity contribution is 0.100. The van der Waals surface area contributed by atoms with E-state index in [4.69, 9.17) is 54.4 Å². The van der Waals surface area contributed by atoms with Crippen molar-refractivity contribution >= 4 is 75.9 Å². The normalized spacial score (nSPS) is 10.6. The summed E-state index contributed by atoms with van der Waals surface area (Å²) >= 11 is 11.6. The number of anilines is 2. The van der Waals surface area contributed by atoms with Crippen molar-refractivity contribution in [2.75, 3.05) is 10.5 Å². The van der Waals surface area contributed by atoms with Gasteiger partial charge >= 0.3 is 0 Å². The number of carbonyl (C=O) groups excluding carboxylic acids is 2. The number of nitrogens with two attached hydrogens (primary N) is 1. The second kappa shape index (κ2) is 20.2. The van der Waals surface area contributed by atoms with Crippen LogP contribution in [0.5, 0.6) is 23.0 Å². The molecule has 0 fully saturated rings. The van der Waals surface area contributed by atoms with Crippen LogP contribution in [-0.2, 0) is 19.1 Å². The summed E-state index contributed by atoms with van der Waals surface area (Å²) < 4.78 is 60.2. The third-order valence-electron chi connectivity index (χ3n) is 7.41. The molecule has 19 heteroatoms. The Morgan fingerprint density at radius 1 is 0.644 bits per heavy atom. The zero-order chi connectivity index (χ0) is 43.3. The van der Waals surface area contributed by atoms with Gasteiger partial charge in [0.2, 0.25) is 0 Å². The molecule has 0 saturated heterocycles. The van der Waals surface area contributed by atoms with Crippen molar-refractivity contribution < 1.29 is 35.9 Å². The van der Waals surface area contributed by atoms with Crippen LogP contribution in [0.2, 0.25) is 10.0 Å². The Kier molecular flexibility index (Phi) is 15.5. The number of ketones is 2. The molecule has 0 unspecified atom stereocenters. The molecule has 0 aliphatic carbocycles. The monoisotopic (exact) mass is 890 g/mol. The first-order chi connectivity index (χ1) is 27.9. The van der Waals surface area contributed by atoms with Crippen molar-refractivity contribution in [3.05, 3.63) is 154 Å². The van der Waals surface area contributed by atoms with Gasteiger partial charge in [-0.1, -0.05) is 47.5 Å². The number of nitriles is 2. The fourth-order valence-electron chi connectivity index (χ4n) is 4.58. The number of hydrogen-bond donors (Lipinski definition) is 2. The van der Waals surface area contributed by atoms with Crippen LogP contribution in [0.1, 0.15) is 45.7 Å². The van der Waals surface area contributed by atoms with Crippen LogP contribution in [0.4, 0.5) is 11.4 Å². The van der Waals surface area contributed by atoms with Gasteiger partial charge in [0.25, 0.3) is 19.1 Å². The molecule has 0 spiro atoms. The van der Waals surface area contributed by atoms with E-state index < -0.39 is 19.1 Å². The van der Waals surface area contributed by atoms with Gasteiger partial charge in [-0.05, 0) is 74.5 Å². The van der Waals surface area contributed by atoms with Crippen molar-refractivity contribution in [2.45, 2.75) is 23.6 Å². The van der Waals surface area contributed by atoms with E-state index in [1.165, 1.54) is 111 Å². The number of aromatic nitrogens is 2. The first-order valence-corrected chi connectivity index (χ1v) is 21.0. The fraction of sp³-hybridized carbons (Fsp3) is 0.0500. The number of nitrogens with zero attached hydrogens (tertiary/aromatic N) is 4.